The van der Waals surface area contributed by atoms with E-state index in [1.807, 2.05) is 29.9 Å². The standard InChI is InChI=1S/C22H22Cl2N4O2/c1-27-12-19(26-21(27)20-10-15(22(29)30)2-5-25-20)13-28-6-3-14(4-7-28)16-8-17(23)11-18(24)9-16/h2,5,8-12,14H,3-4,6-7,13H2,1H3,(H,29,30). The summed E-state index contributed by atoms with van der Waals surface area (Å²) in [6, 6.07) is 8.82. The Morgan fingerprint density at radius 1 is 1.17 bits per heavy atom. The molecule has 1 aliphatic heterocycles. The largest absolute Gasteiger partial charge is 0.478 e. The second-order valence-corrected chi connectivity index (χ2v) is 8.53. The predicted octanol–water partition coefficient (Wildman–Crippen LogP) is 4.87. The summed E-state index contributed by atoms with van der Waals surface area (Å²) in [7, 11) is 1.90. The number of hydrogen-bond acceptors (Lipinski definition) is 4. The summed E-state index contributed by atoms with van der Waals surface area (Å²) in [6.07, 6.45) is 5.56. The first-order valence-corrected chi connectivity index (χ1v) is 10.5. The minimum Gasteiger partial charge on any atom is -0.478 e. The van der Waals surface area contributed by atoms with Gasteiger partial charge in [0.1, 0.15) is 5.69 Å². The van der Waals surface area contributed by atoms with Gasteiger partial charge in [-0.25, -0.2) is 9.78 Å². The lowest BCUT2D eigenvalue weighted by molar-refractivity contribution is 0.0697. The van der Waals surface area contributed by atoms with Crippen LogP contribution in [-0.2, 0) is 13.6 Å². The number of piperidine rings is 1. The first-order valence-electron chi connectivity index (χ1n) is 9.79. The average molecular weight is 445 g/mol. The minimum absolute atomic E-state index is 0.202. The van der Waals surface area contributed by atoms with Crippen LogP contribution in [0.4, 0.5) is 0 Å². The van der Waals surface area contributed by atoms with Gasteiger partial charge >= 0.3 is 5.97 Å². The highest BCUT2D eigenvalue weighted by molar-refractivity contribution is 6.34. The van der Waals surface area contributed by atoms with Gasteiger partial charge in [0.05, 0.1) is 11.3 Å². The molecular formula is C22H22Cl2N4O2. The molecule has 0 atom stereocenters. The molecule has 1 aliphatic rings. The van der Waals surface area contributed by atoms with E-state index < -0.39 is 5.97 Å². The molecule has 0 spiro atoms. The molecule has 0 amide bonds. The summed E-state index contributed by atoms with van der Waals surface area (Å²) in [5.41, 5.74) is 2.91. The van der Waals surface area contributed by atoms with E-state index in [2.05, 4.69) is 9.88 Å². The summed E-state index contributed by atoms with van der Waals surface area (Å²) in [6.45, 7) is 2.68. The van der Waals surface area contributed by atoms with Crippen LogP contribution in [0.3, 0.4) is 0 Å². The molecule has 30 heavy (non-hydrogen) atoms. The van der Waals surface area contributed by atoms with Crippen molar-refractivity contribution >= 4 is 29.2 Å². The second kappa shape index (κ2) is 8.76. The van der Waals surface area contributed by atoms with Gasteiger partial charge in [0.25, 0.3) is 0 Å². The van der Waals surface area contributed by atoms with Crippen LogP contribution >= 0.6 is 23.2 Å². The molecular weight excluding hydrogens is 423 g/mol. The van der Waals surface area contributed by atoms with Gasteiger partial charge in [-0.15, -0.1) is 0 Å². The SMILES string of the molecule is Cn1cc(CN2CCC(c3cc(Cl)cc(Cl)c3)CC2)nc1-c1cc(C(=O)O)ccn1. The Kier molecular flexibility index (Phi) is 6.09. The number of nitrogens with zero attached hydrogens (tertiary/aromatic N) is 4. The first-order chi connectivity index (χ1) is 14.4. The van der Waals surface area contributed by atoms with Crippen LogP contribution in [0.15, 0.2) is 42.7 Å². The van der Waals surface area contributed by atoms with E-state index in [-0.39, 0.29) is 5.56 Å². The number of aromatic nitrogens is 3. The summed E-state index contributed by atoms with van der Waals surface area (Å²) in [4.78, 5) is 22.6. The number of hydrogen-bond donors (Lipinski definition) is 1. The lowest BCUT2D eigenvalue weighted by Crippen LogP contribution is -2.32. The molecule has 0 unspecified atom stereocenters. The van der Waals surface area contributed by atoms with Crippen LogP contribution in [-0.4, -0.2) is 43.6 Å². The molecule has 0 bridgehead atoms. The van der Waals surface area contributed by atoms with Gasteiger partial charge in [0, 0.05) is 36.0 Å². The number of benzene rings is 1. The zero-order chi connectivity index (χ0) is 21.3. The average Bonchev–Trinajstić information content (AvgIpc) is 3.08. The van der Waals surface area contributed by atoms with E-state index in [4.69, 9.17) is 28.2 Å². The number of carboxylic acid groups (broad SMARTS) is 1. The van der Waals surface area contributed by atoms with Gasteiger partial charge in [-0.05, 0) is 67.7 Å². The van der Waals surface area contributed by atoms with Gasteiger partial charge in [-0.3, -0.25) is 9.88 Å². The van der Waals surface area contributed by atoms with Gasteiger partial charge in [0.2, 0.25) is 0 Å². The maximum absolute atomic E-state index is 11.2. The molecule has 156 valence electrons. The molecule has 1 fully saturated rings. The Morgan fingerprint density at radius 2 is 1.87 bits per heavy atom. The minimum atomic E-state index is -0.975. The van der Waals surface area contributed by atoms with Crippen molar-refractivity contribution in [1.82, 2.24) is 19.4 Å². The van der Waals surface area contributed by atoms with Crippen molar-refractivity contribution in [3.63, 3.8) is 0 Å². The predicted molar refractivity (Wildman–Crippen MR) is 117 cm³/mol. The lowest BCUT2D eigenvalue weighted by atomic mass is 9.89. The molecule has 4 rings (SSSR count). The maximum atomic E-state index is 11.2. The number of aryl methyl sites for hydroxylation is 1. The summed E-state index contributed by atoms with van der Waals surface area (Å²) >= 11 is 12.3. The number of halogens is 2. The van der Waals surface area contributed by atoms with Crippen LogP contribution in [0.2, 0.25) is 10.0 Å². The Bertz CT molecular complexity index is 1050. The molecule has 1 saturated heterocycles. The van der Waals surface area contributed by atoms with Crippen LogP contribution in [0.5, 0.6) is 0 Å². The molecule has 0 radical (unpaired) electrons. The Hall–Kier alpha value is -2.41. The molecule has 3 heterocycles. The fourth-order valence-corrected chi connectivity index (χ4v) is 4.54. The summed E-state index contributed by atoms with van der Waals surface area (Å²) in [5, 5.41) is 10.6. The zero-order valence-corrected chi connectivity index (χ0v) is 18.1. The number of likely N-dealkylation sites (tertiary alicyclic amines) is 1. The molecule has 1 N–H and O–H groups in total. The fraction of sp³-hybridized carbons (Fsp3) is 0.318. The molecule has 8 heteroatoms. The third kappa shape index (κ3) is 4.67. The zero-order valence-electron chi connectivity index (χ0n) is 16.6. The van der Waals surface area contributed by atoms with Crippen LogP contribution < -0.4 is 0 Å². The molecule has 0 aliphatic carbocycles. The highest BCUT2D eigenvalue weighted by Crippen LogP contribution is 2.32. The monoisotopic (exact) mass is 444 g/mol. The third-order valence-electron chi connectivity index (χ3n) is 5.49. The van der Waals surface area contributed by atoms with Crippen molar-refractivity contribution in [3.8, 4) is 11.5 Å². The number of rotatable bonds is 5. The van der Waals surface area contributed by atoms with E-state index in [1.165, 1.54) is 17.8 Å². The molecule has 1 aromatic carbocycles. The maximum Gasteiger partial charge on any atom is 0.335 e. The summed E-state index contributed by atoms with van der Waals surface area (Å²) < 4.78 is 1.89. The van der Waals surface area contributed by atoms with Crippen LogP contribution in [0.25, 0.3) is 11.5 Å². The van der Waals surface area contributed by atoms with Crippen molar-refractivity contribution in [3.05, 3.63) is 69.6 Å². The van der Waals surface area contributed by atoms with Crippen molar-refractivity contribution in [2.24, 2.45) is 7.05 Å². The smallest absolute Gasteiger partial charge is 0.335 e. The normalized spacial score (nSPS) is 15.4. The van der Waals surface area contributed by atoms with Crippen molar-refractivity contribution in [1.29, 1.82) is 0 Å². The number of carboxylic acids is 1. The quantitative estimate of drug-likeness (QED) is 0.607. The number of pyridine rings is 1. The van der Waals surface area contributed by atoms with E-state index in [9.17, 15) is 9.90 Å². The van der Waals surface area contributed by atoms with E-state index >= 15 is 0 Å². The van der Waals surface area contributed by atoms with E-state index in [0.29, 0.717) is 27.5 Å². The van der Waals surface area contributed by atoms with Crippen LogP contribution in [0.1, 0.15) is 40.4 Å². The van der Waals surface area contributed by atoms with E-state index in [1.54, 1.807) is 12.1 Å². The van der Waals surface area contributed by atoms with Crippen molar-refractivity contribution in [2.45, 2.75) is 25.3 Å². The number of imidazole rings is 1. The van der Waals surface area contributed by atoms with Gasteiger partial charge < -0.3 is 9.67 Å². The topological polar surface area (TPSA) is 71.2 Å². The third-order valence-corrected chi connectivity index (χ3v) is 5.93. The lowest BCUT2D eigenvalue weighted by Gasteiger charge is -2.31. The fourth-order valence-electron chi connectivity index (χ4n) is 3.99. The molecule has 6 nitrogen and oxygen atoms in total. The van der Waals surface area contributed by atoms with Gasteiger partial charge in [-0.1, -0.05) is 23.2 Å². The highest BCUT2D eigenvalue weighted by atomic mass is 35.5. The molecule has 0 saturated carbocycles. The van der Waals surface area contributed by atoms with Crippen molar-refractivity contribution in [2.75, 3.05) is 13.1 Å². The number of carbonyl (C=O) groups is 1. The summed E-state index contributed by atoms with van der Waals surface area (Å²) in [5.74, 6) is 0.146. The Morgan fingerprint density at radius 3 is 2.53 bits per heavy atom. The Balaban J connectivity index is 1.42. The first kappa shape index (κ1) is 20.8. The second-order valence-electron chi connectivity index (χ2n) is 7.65. The van der Waals surface area contributed by atoms with E-state index in [0.717, 1.165) is 38.2 Å². The van der Waals surface area contributed by atoms with Crippen molar-refractivity contribution < 1.29 is 9.90 Å². The highest BCUT2D eigenvalue weighted by Gasteiger charge is 2.22. The number of aromatic carboxylic acids is 1. The van der Waals surface area contributed by atoms with Gasteiger partial charge in [-0.2, -0.15) is 0 Å². The van der Waals surface area contributed by atoms with Gasteiger partial charge in [0.15, 0.2) is 5.82 Å². The van der Waals surface area contributed by atoms with Crippen LogP contribution in [0, 0.1) is 0 Å². The molecule has 2 aromatic heterocycles. The molecule has 3 aromatic rings. The Labute approximate surface area is 185 Å².